The molecular formula is C13H16O3. The van der Waals surface area contributed by atoms with Crippen LogP contribution < -0.4 is 4.74 Å². The largest absolute Gasteiger partial charge is 0.464 e. The number of benzene rings is 1. The van der Waals surface area contributed by atoms with E-state index in [0.717, 1.165) is 6.42 Å². The summed E-state index contributed by atoms with van der Waals surface area (Å²) >= 11 is 0. The number of hydrogen-bond donors (Lipinski definition) is 0. The van der Waals surface area contributed by atoms with Crippen LogP contribution in [0, 0.1) is 0 Å². The van der Waals surface area contributed by atoms with Crippen LogP contribution in [0.2, 0.25) is 0 Å². The van der Waals surface area contributed by atoms with Gasteiger partial charge in [-0.15, -0.1) is 0 Å². The van der Waals surface area contributed by atoms with Crippen LogP contribution in [-0.2, 0) is 9.53 Å². The molecule has 0 radical (unpaired) electrons. The predicted molar refractivity (Wildman–Crippen MR) is 62.1 cm³/mol. The highest BCUT2D eigenvalue weighted by molar-refractivity contribution is 5.87. The molecule has 16 heavy (non-hydrogen) atoms. The number of para-hydroxylation sites is 1. The van der Waals surface area contributed by atoms with Gasteiger partial charge in [0.2, 0.25) is 0 Å². The van der Waals surface area contributed by atoms with Gasteiger partial charge in [0.25, 0.3) is 0 Å². The lowest BCUT2D eigenvalue weighted by Crippen LogP contribution is -2.07. The molecule has 0 unspecified atom stereocenters. The molecule has 3 heteroatoms. The molecule has 0 aliphatic carbocycles. The Morgan fingerprint density at radius 2 is 2.00 bits per heavy atom. The molecule has 0 aromatic heterocycles. The molecule has 1 aromatic carbocycles. The third kappa shape index (κ3) is 4.17. The van der Waals surface area contributed by atoms with E-state index in [1.807, 2.05) is 37.3 Å². The van der Waals surface area contributed by atoms with Crippen molar-refractivity contribution < 1.29 is 14.3 Å². The fourth-order valence-corrected chi connectivity index (χ4v) is 1.01. The Hall–Kier alpha value is -1.77. The average molecular weight is 220 g/mol. The van der Waals surface area contributed by atoms with Crippen LogP contribution in [-0.4, -0.2) is 12.6 Å². The second kappa shape index (κ2) is 6.67. The van der Waals surface area contributed by atoms with Crippen molar-refractivity contribution in [1.82, 2.24) is 0 Å². The van der Waals surface area contributed by atoms with Crippen LogP contribution in [0.3, 0.4) is 0 Å². The molecule has 0 N–H and O–H groups in total. The minimum Gasteiger partial charge on any atom is -0.464 e. The topological polar surface area (TPSA) is 35.5 Å². The molecule has 0 bridgehead atoms. The summed E-state index contributed by atoms with van der Waals surface area (Å²) in [5.74, 6) is 0.364. The molecule has 0 aliphatic heterocycles. The Labute approximate surface area is 95.7 Å². The Balaban J connectivity index is 2.48. The summed E-state index contributed by atoms with van der Waals surface area (Å²) in [7, 11) is 0. The van der Waals surface area contributed by atoms with Crippen LogP contribution in [0.25, 0.3) is 0 Å². The SMILES string of the molecule is CCCOC(=O)/C(C)=C/Oc1ccccc1. The quantitative estimate of drug-likeness (QED) is 0.435. The molecule has 0 saturated carbocycles. The number of esters is 1. The summed E-state index contributed by atoms with van der Waals surface area (Å²) in [4.78, 5) is 11.4. The lowest BCUT2D eigenvalue weighted by Gasteiger charge is -2.03. The van der Waals surface area contributed by atoms with Gasteiger partial charge in [-0.3, -0.25) is 0 Å². The minimum absolute atomic E-state index is 0.335. The molecule has 0 aliphatic rings. The molecule has 1 aromatic rings. The smallest absolute Gasteiger partial charge is 0.336 e. The zero-order chi connectivity index (χ0) is 11.8. The summed E-state index contributed by atoms with van der Waals surface area (Å²) in [5, 5.41) is 0. The first kappa shape index (κ1) is 12.3. The normalized spacial score (nSPS) is 11.0. The van der Waals surface area contributed by atoms with E-state index in [1.165, 1.54) is 6.26 Å². The monoisotopic (exact) mass is 220 g/mol. The number of carbonyl (C=O) groups is 1. The van der Waals surface area contributed by atoms with E-state index in [9.17, 15) is 4.79 Å². The third-order valence-electron chi connectivity index (χ3n) is 1.87. The van der Waals surface area contributed by atoms with Gasteiger partial charge in [-0.2, -0.15) is 0 Å². The van der Waals surface area contributed by atoms with Crippen molar-refractivity contribution in [1.29, 1.82) is 0 Å². The van der Waals surface area contributed by atoms with E-state index < -0.39 is 0 Å². The van der Waals surface area contributed by atoms with Crippen molar-refractivity contribution in [2.24, 2.45) is 0 Å². The number of hydrogen-bond acceptors (Lipinski definition) is 3. The number of ether oxygens (including phenoxy) is 2. The number of carbonyl (C=O) groups excluding carboxylic acids is 1. The second-order valence-corrected chi connectivity index (χ2v) is 3.37. The highest BCUT2D eigenvalue weighted by atomic mass is 16.5. The Morgan fingerprint density at radius 1 is 1.31 bits per heavy atom. The summed E-state index contributed by atoms with van der Waals surface area (Å²) in [5.41, 5.74) is 0.456. The molecule has 0 saturated heterocycles. The number of rotatable bonds is 5. The van der Waals surface area contributed by atoms with E-state index >= 15 is 0 Å². The molecule has 0 amide bonds. The van der Waals surface area contributed by atoms with Gasteiger partial charge in [-0.05, 0) is 25.5 Å². The minimum atomic E-state index is -0.335. The fraction of sp³-hybridized carbons (Fsp3) is 0.308. The highest BCUT2D eigenvalue weighted by Gasteiger charge is 2.05. The van der Waals surface area contributed by atoms with Crippen LogP contribution in [0.1, 0.15) is 20.3 Å². The first-order chi connectivity index (χ1) is 7.74. The first-order valence-corrected chi connectivity index (χ1v) is 5.29. The van der Waals surface area contributed by atoms with Gasteiger partial charge >= 0.3 is 5.97 Å². The lowest BCUT2D eigenvalue weighted by atomic mass is 10.3. The third-order valence-corrected chi connectivity index (χ3v) is 1.87. The van der Waals surface area contributed by atoms with Crippen molar-refractivity contribution in [3.63, 3.8) is 0 Å². The van der Waals surface area contributed by atoms with Crippen LogP contribution >= 0.6 is 0 Å². The van der Waals surface area contributed by atoms with Crippen molar-refractivity contribution in [3.8, 4) is 5.75 Å². The Kier molecular flexibility index (Phi) is 5.12. The maximum atomic E-state index is 11.4. The molecule has 86 valence electrons. The van der Waals surface area contributed by atoms with Crippen molar-refractivity contribution in [2.45, 2.75) is 20.3 Å². The average Bonchev–Trinajstić information content (AvgIpc) is 2.34. The lowest BCUT2D eigenvalue weighted by molar-refractivity contribution is -0.139. The van der Waals surface area contributed by atoms with Crippen LogP contribution in [0.15, 0.2) is 42.2 Å². The van der Waals surface area contributed by atoms with E-state index in [1.54, 1.807) is 6.92 Å². The Bertz CT molecular complexity index is 355. The first-order valence-electron chi connectivity index (χ1n) is 5.29. The molecule has 0 fully saturated rings. The van der Waals surface area contributed by atoms with Gasteiger partial charge in [-0.1, -0.05) is 25.1 Å². The summed E-state index contributed by atoms with van der Waals surface area (Å²) in [6, 6.07) is 9.28. The summed E-state index contributed by atoms with van der Waals surface area (Å²) in [6.45, 7) is 4.06. The molecule has 1 rings (SSSR count). The van der Waals surface area contributed by atoms with Crippen molar-refractivity contribution in [3.05, 3.63) is 42.2 Å². The molecular weight excluding hydrogens is 204 g/mol. The van der Waals surface area contributed by atoms with E-state index in [-0.39, 0.29) is 5.97 Å². The molecule has 3 nitrogen and oxygen atoms in total. The van der Waals surface area contributed by atoms with E-state index in [4.69, 9.17) is 9.47 Å². The summed E-state index contributed by atoms with van der Waals surface area (Å²) in [6.07, 6.45) is 2.23. The van der Waals surface area contributed by atoms with Crippen molar-refractivity contribution >= 4 is 5.97 Å². The van der Waals surface area contributed by atoms with Crippen LogP contribution in [0.5, 0.6) is 5.75 Å². The van der Waals surface area contributed by atoms with Gasteiger partial charge < -0.3 is 9.47 Å². The van der Waals surface area contributed by atoms with Gasteiger partial charge in [0.1, 0.15) is 12.0 Å². The second-order valence-electron chi connectivity index (χ2n) is 3.37. The van der Waals surface area contributed by atoms with Crippen LogP contribution in [0.4, 0.5) is 0 Å². The van der Waals surface area contributed by atoms with Gasteiger partial charge in [0, 0.05) is 0 Å². The predicted octanol–water partition coefficient (Wildman–Crippen LogP) is 2.92. The Morgan fingerprint density at radius 3 is 2.62 bits per heavy atom. The fourth-order valence-electron chi connectivity index (χ4n) is 1.01. The van der Waals surface area contributed by atoms with E-state index in [0.29, 0.717) is 17.9 Å². The van der Waals surface area contributed by atoms with Gasteiger partial charge in [0.15, 0.2) is 0 Å². The molecule has 0 spiro atoms. The van der Waals surface area contributed by atoms with Gasteiger partial charge in [-0.25, -0.2) is 4.79 Å². The maximum Gasteiger partial charge on any atom is 0.336 e. The maximum absolute atomic E-state index is 11.4. The zero-order valence-electron chi connectivity index (χ0n) is 9.60. The van der Waals surface area contributed by atoms with Gasteiger partial charge in [0.05, 0.1) is 12.2 Å². The molecule has 0 heterocycles. The standard InChI is InChI=1S/C13H16O3/c1-3-9-15-13(14)11(2)10-16-12-7-5-4-6-8-12/h4-8,10H,3,9H2,1-2H3/b11-10+. The highest BCUT2D eigenvalue weighted by Crippen LogP contribution is 2.09. The van der Waals surface area contributed by atoms with Crippen molar-refractivity contribution in [2.75, 3.05) is 6.61 Å². The zero-order valence-corrected chi connectivity index (χ0v) is 9.60. The van der Waals surface area contributed by atoms with E-state index in [2.05, 4.69) is 0 Å². The molecule has 0 atom stereocenters. The summed E-state index contributed by atoms with van der Waals surface area (Å²) < 4.78 is 10.3.